The second-order valence-electron chi connectivity index (χ2n) is 3.83. The number of unbranched alkanes of at least 4 members (excludes halogenated alkanes) is 1. The third kappa shape index (κ3) is 2.81. The molecule has 0 aliphatic carbocycles. The van der Waals surface area contributed by atoms with Gasteiger partial charge in [0.15, 0.2) is 5.75 Å². The minimum atomic E-state index is 0.704. The maximum atomic E-state index is 5.90. The molecule has 1 aromatic carbocycles. The highest BCUT2D eigenvalue weighted by Crippen LogP contribution is 2.33. The third-order valence-corrected chi connectivity index (χ3v) is 2.73. The molecule has 0 bridgehead atoms. The van der Waals surface area contributed by atoms with E-state index in [2.05, 4.69) is 24.8 Å². The Morgan fingerprint density at radius 3 is 2.62 bits per heavy atom. The molecule has 0 amide bonds. The second-order valence-corrected chi connectivity index (χ2v) is 3.83. The molecular weight excluding hydrogens is 200 g/mol. The van der Waals surface area contributed by atoms with Crippen LogP contribution >= 0.6 is 0 Å². The average molecular weight is 222 g/mol. The normalized spacial score (nSPS) is 10.2. The van der Waals surface area contributed by atoms with E-state index in [0.29, 0.717) is 5.69 Å². The van der Waals surface area contributed by atoms with Crippen LogP contribution in [0.3, 0.4) is 0 Å². The lowest BCUT2D eigenvalue weighted by Crippen LogP contribution is -2.24. The fourth-order valence-electron chi connectivity index (χ4n) is 1.81. The number of ether oxygens (including phenoxy) is 1. The first kappa shape index (κ1) is 12.7. The summed E-state index contributed by atoms with van der Waals surface area (Å²) in [7, 11) is 1.67. The quantitative estimate of drug-likeness (QED) is 0.752. The summed E-state index contributed by atoms with van der Waals surface area (Å²) in [5, 5.41) is 0. The molecule has 0 spiro atoms. The number of rotatable bonds is 6. The Hall–Kier alpha value is -1.38. The van der Waals surface area contributed by atoms with Crippen molar-refractivity contribution in [3.63, 3.8) is 0 Å². The van der Waals surface area contributed by atoms with Gasteiger partial charge >= 0.3 is 0 Å². The van der Waals surface area contributed by atoms with E-state index in [-0.39, 0.29) is 0 Å². The Morgan fingerprint density at radius 1 is 1.31 bits per heavy atom. The predicted octanol–water partition coefficient (Wildman–Crippen LogP) is 2.90. The molecule has 3 heteroatoms. The van der Waals surface area contributed by atoms with Gasteiger partial charge in [0.2, 0.25) is 0 Å². The molecule has 0 saturated carbocycles. The standard InChI is InChI=1S/C13H22N2O/c1-4-6-10-15(5-2)12-9-7-8-11(14)13(12)16-3/h7-9H,4-6,10,14H2,1-3H3. The number of nitrogens with zero attached hydrogens (tertiary/aromatic N) is 1. The Kier molecular flexibility index (Phi) is 4.96. The average Bonchev–Trinajstić information content (AvgIpc) is 2.30. The van der Waals surface area contributed by atoms with Gasteiger partial charge in [-0.05, 0) is 25.5 Å². The minimum absolute atomic E-state index is 0.704. The number of para-hydroxylation sites is 1. The van der Waals surface area contributed by atoms with E-state index in [0.717, 1.165) is 24.5 Å². The number of hydrogen-bond acceptors (Lipinski definition) is 3. The van der Waals surface area contributed by atoms with Gasteiger partial charge in [-0.1, -0.05) is 19.4 Å². The van der Waals surface area contributed by atoms with Crippen LogP contribution in [0.5, 0.6) is 5.75 Å². The summed E-state index contributed by atoms with van der Waals surface area (Å²) in [6.07, 6.45) is 2.38. The molecule has 3 nitrogen and oxygen atoms in total. The molecule has 0 radical (unpaired) electrons. The van der Waals surface area contributed by atoms with E-state index in [1.54, 1.807) is 7.11 Å². The Bertz CT molecular complexity index is 326. The Balaban J connectivity index is 2.94. The molecule has 0 fully saturated rings. The molecule has 2 N–H and O–H groups in total. The molecule has 0 aromatic heterocycles. The number of anilines is 2. The van der Waals surface area contributed by atoms with Crippen LogP contribution in [0.1, 0.15) is 26.7 Å². The zero-order valence-electron chi connectivity index (χ0n) is 10.5. The van der Waals surface area contributed by atoms with Gasteiger partial charge in [0.25, 0.3) is 0 Å². The van der Waals surface area contributed by atoms with E-state index < -0.39 is 0 Å². The van der Waals surface area contributed by atoms with Crippen molar-refractivity contribution in [3.8, 4) is 5.75 Å². The topological polar surface area (TPSA) is 38.5 Å². The van der Waals surface area contributed by atoms with Crippen LogP contribution in [0.15, 0.2) is 18.2 Å². The van der Waals surface area contributed by atoms with Crippen LogP contribution in [-0.4, -0.2) is 20.2 Å². The summed E-state index contributed by atoms with van der Waals surface area (Å²) in [5.41, 5.74) is 7.70. The third-order valence-electron chi connectivity index (χ3n) is 2.73. The van der Waals surface area contributed by atoms with Crippen LogP contribution < -0.4 is 15.4 Å². The number of hydrogen-bond donors (Lipinski definition) is 1. The van der Waals surface area contributed by atoms with Crippen molar-refractivity contribution in [2.24, 2.45) is 0 Å². The summed E-state index contributed by atoms with van der Waals surface area (Å²) < 4.78 is 5.37. The first-order chi connectivity index (χ1) is 7.74. The highest BCUT2D eigenvalue weighted by atomic mass is 16.5. The molecule has 0 aliphatic rings. The van der Waals surface area contributed by atoms with Crippen LogP contribution in [0.4, 0.5) is 11.4 Å². The van der Waals surface area contributed by atoms with Crippen LogP contribution in [0.25, 0.3) is 0 Å². The van der Waals surface area contributed by atoms with Crippen LogP contribution in [0, 0.1) is 0 Å². The van der Waals surface area contributed by atoms with Crippen molar-refractivity contribution in [3.05, 3.63) is 18.2 Å². The van der Waals surface area contributed by atoms with Crippen molar-refractivity contribution in [1.29, 1.82) is 0 Å². The number of nitrogen functional groups attached to an aromatic ring is 1. The van der Waals surface area contributed by atoms with Gasteiger partial charge in [-0.15, -0.1) is 0 Å². The lowest BCUT2D eigenvalue weighted by atomic mass is 10.2. The van der Waals surface area contributed by atoms with Crippen molar-refractivity contribution >= 4 is 11.4 Å². The number of methoxy groups -OCH3 is 1. The summed E-state index contributed by atoms with van der Waals surface area (Å²) in [5.74, 6) is 0.792. The molecule has 0 aliphatic heterocycles. The minimum Gasteiger partial charge on any atom is -0.492 e. The summed E-state index contributed by atoms with van der Waals surface area (Å²) in [6, 6.07) is 5.91. The zero-order valence-corrected chi connectivity index (χ0v) is 10.5. The van der Waals surface area contributed by atoms with Gasteiger partial charge in [-0.2, -0.15) is 0 Å². The van der Waals surface area contributed by atoms with Gasteiger partial charge in [0.1, 0.15) is 0 Å². The highest BCUT2D eigenvalue weighted by Gasteiger charge is 2.11. The van der Waals surface area contributed by atoms with E-state index >= 15 is 0 Å². The first-order valence-electron chi connectivity index (χ1n) is 5.92. The fraction of sp³-hybridized carbons (Fsp3) is 0.538. The van der Waals surface area contributed by atoms with Gasteiger partial charge in [-0.3, -0.25) is 0 Å². The van der Waals surface area contributed by atoms with Crippen molar-refractivity contribution in [1.82, 2.24) is 0 Å². The maximum Gasteiger partial charge on any atom is 0.164 e. The first-order valence-corrected chi connectivity index (χ1v) is 5.92. The highest BCUT2D eigenvalue weighted by molar-refractivity contribution is 5.70. The van der Waals surface area contributed by atoms with E-state index in [1.165, 1.54) is 12.8 Å². The fourth-order valence-corrected chi connectivity index (χ4v) is 1.81. The monoisotopic (exact) mass is 222 g/mol. The van der Waals surface area contributed by atoms with Crippen LogP contribution in [-0.2, 0) is 0 Å². The molecule has 1 rings (SSSR count). The number of benzene rings is 1. The molecule has 0 saturated heterocycles. The lowest BCUT2D eigenvalue weighted by molar-refractivity contribution is 0.416. The molecule has 0 atom stereocenters. The maximum absolute atomic E-state index is 5.90. The van der Waals surface area contributed by atoms with Gasteiger partial charge < -0.3 is 15.4 Å². The Morgan fingerprint density at radius 2 is 2.06 bits per heavy atom. The second kappa shape index (κ2) is 6.26. The molecular formula is C13H22N2O. The molecule has 0 heterocycles. The lowest BCUT2D eigenvalue weighted by Gasteiger charge is -2.25. The van der Waals surface area contributed by atoms with Crippen molar-refractivity contribution in [2.45, 2.75) is 26.7 Å². The van der Waals surface area contributed by atoms with Crippen molar-refractivity contribution in [2.75, 3.05) is 30.8 Å². The van der Waals surface area contributed by atoms with Gasteiger partial charge in [-0.25, -0.2) is 0 Å². The van der Waals surface area contributed by atoms with Gasteiger partial charge in [0.05, 0.1) is 18.5 Å². The summed E-state index contributed by atoms with van der Waals surface area (Å²) in [4.78, 5) is 2.30. The van der Waals surface area contributed by atoms with E-state index in [4.69, 9.17) is 10.5 Å². The molecule has 0 unspecified atom stereocenters. The summed E-state index contributed by atoms with van der Waals surface area (Å²) in [6.45, 7) is 6.37. The van der Waals surface area contributed by atoms with Gasteiger partial charge in [0, 0.05) is 13.1 Å². The Labute approximate surface area is 98.2 Å². The van der Waals surface area contributed by atoms with Crippen molar-refractivity contribution < 1.29 is 4.74 Å². The SMILES string of the molecule is CCCCN(CC)c1cccc(N)c1OC. The largest absolute Gasteiger partial charge is 0.492 e. The smallest absolute Gasteiger partial charge is 0.164 e. The van der Waals surface area contributed by atoms with Crippen LogP contribution in [0.2, 0.25) is 0 Å². The van der Waals surface area contributed by atoms with E-state index in [1.807, 2.05) is 12.1 Å². The number of nitrogens with two attached hydrogens (primary N) is 1. The molecule has 16 heavy (non-hydrogen) atoms. The summed E-state index contributed by atoms with van der Waals surface area (Å²) >= 11 is 0. The zero-order chi connectivity index (χ0) is 12.0. The molecule has 90 valence electrons. The van der Waals surface area contributed by atoms with E-state index in [9.17, 15) is 0 Å². The molecule has 1 aromatic rings. The predicted molar refractivity (Wildman–Crippen MR) is 70.2 cm³/mol.